The lowest BCUT2D eigenvalue weighted by Gasteiger charge is -2.36. The first-order valence-electron chi connectivity index (χ1n) is 9.44. The molecule has 1 atom stereocenters. The molecule has 0 unspecified atom stereocenters. The van der Waals surface area contributed by atoms with Crippen LogP contribution >= 0.6 is 0 Å². The molecule has 1 aliphatic heterocycles. The monoisotopic (exact) mass is 365 g/mol. The quantitative estimate of drug-likeness (QED) is 0.699. The van der Waals surface area contributed by atoms with Crippen LogP contribution < -0.4 is 5.32 Å². The lowest BCUT2D eigenvalue weighted by atomic mass is 9.92. The number of carbonyl (C=O) groups is 1. The summed E-state index contributed by atoms with van der Waals surface area (Å²) in [6, 6.07) is 14.2. The largest absolute Gasteiger partial charge is 0.356 e. The van der Waals surface area contributed by atoms with Crippen LogP contribution in [0.1, 0.15) is 36.7 Å². The van der Waals surface area contributed by atoms with Crippen molar-refractivity contribution in [2.75, 3.05) is 13.1 Å². The van der Waals surface area contributed by atoms with Crippen LogP contribution in [-0.4, -0.2) is 29.0 Å². The summed E-state index contributed by atoms with van der Waals surface area (Å²) in [7, 11) is 0. The predicted octanol–water partition coefficient (Wildman–Crippen LogP) is 4.62. The van der Waals surface area contributed by atoms with Crippen LogP contribution in [0.2, 0.25) is 0 Å². The number of nitrogens with zero attached hydrogens (tertiary/aromatic N) is 1. The topological polar surface area (TPSA) is 48.1 Å². The van der Waals surface area contributed by atoms with Gasteiger partial charge in [-0.2, -0.15) is 0 Å². The minimum atomic E-state index is -0.463. The zero-order valence-electron chi connectivity index (χ0n) is 15.6. The van der Waals surface area contributed by atoms with Gasteiger partial charge in [-0.1, -0.05) is 50.2 Å². The molecule has 1 aliphatic rings. The SMILES string of the molecule is CC(C)CNC(=O)N1CCc2c([nH]c3ccccc23)[C@H]1c1ccccc1F. The van der Waals surface area contributed by atoms with E-state index in [0.717, 1.165) is 23.0 Å². The summed E-state index contributed by atoms with van der Waals surface area (Å²) in [6.45, 7) is 5.26. The number of H-pyrrole nitrogens is 1. The van der Waals surface area contributed by atoms with E-state index in [9.17, 15) is 9.18 Å². The van der Waals surface area contributed by atoms with Crippen molar-refractivity contribution in [1.29, 1.82) is 0 Å². The molecule has 0 radical (unpaired) electrons. The van der Waals surface area contributed by atoms with E-state index in [2.05, 4.69) is 30.2 Å². The molecule has 2 N–H and O–H groups in total. The number of fused-ring (bicyclic) bond motifs is 3. The first-order chi connectivity index (χ1) is 13.1. The van der Waals surface area contributed by atoms with E-state index in [-0.39, 0.29) is 11.8 Å². The Morgan fingerprint density at radius 3 is 2.74 bits per heavy atom. The molecule has 0 saturated heterocycles. The van der Waals surface area contributed by atoms with E-state index >= 15 is 0 Å². The fraction of sp³-hybridized carbons (Fsp3) is 0.318. The van der Waals surface area contributed by atoms with Gasteiger partial charge in [0, 0.05) is 35.2 Å². The van der Waals surface area contributed by atoms with Gasteiger partial charge in [0.15, 0.2) is 0 Å². The zero-order chi connectivity index (χ0) is 19.0. The molecule has 1 aromatic heterocycles. The highest BCUT2D eigenvalue weighted by Gasteiger charge is 2.35. The summed E-state index contributed by atoms with van der Waals surface area (Å²) in [5.41, 5.74) is 3.62. The van der Waals surface area contributed by atoms with Crippen LogP contribution in [0.15, 0.2) is 48.5 Å². The standard InChI is InChI=1S/C22H24FN3O/c1-14(2)13-24-22(27)26-12-11-16-15-7-4-6-10-19(15)25-20(16)21(26)17-8-3-5-9-18(17)23/h3-10,14,21,25H,11-13H2,1-2H3,(H,24,27)/t21-/m1/s1. The number of hydrogen-bond acceptors (Lipinski definition) is 1. The number of hydrogen-bond donors (Lipinski definition) is 2. The first kappa shape index (κ1) is 17.6. The highest BCUT2D eigenvalue weighted by atomic mass is 19.1. The molecule has 4 nitrogen and oxygen atoms in total. The minimum Gasteiger partial charge on any atom is -0.356 e. The summed E-state index contributed by atoms with van der Waals surface area (Å²) in [5.74, 6) is 0.0601. The Bertz CT molecular complexity index is 979. The molecule has 5 heteroatoms. The van der Waals surface area contributed by atoms with Gasteiger partial charge in [0.05, 0.1) is 0 Å². The average Bonchev–Trinajstić information content (AvgIpc) is 3.04. The van der Waals surface area contributed by atoms with Crippen molar-refractivity contribution in [3.8, 4) is 0 Å². The van der Waals surface area contributed by atoms with E-state index in [1.807, 2.05) is 24.3 Å². The van der Waals surface area contributed by atoms with Crippen molar-refractivity contribution in [3.63, 3.8) is 0 Å². The Morgan fingerprint density at radius 2 is 1.96 bits per heavy atom. The third-order valence-corrected chi connectivity index (χ3v) is 5.16. The van der Waals surface area contributed by atoms with Crippen LogP contribution in [-0.2, 0) is 6.42 Å². The maximum atomic E-state index is 14.7. The summed E-state index contributed by atoms with van der Waals surface area (Å²) < 4.78 is 14.7. The normalized spacial score (nSPS) is 16.6. The van der Waals surface area contributed by atoms with Crippen molar-refractivity contribution in [1.82, 2.24) is 15.2 Å². The smallest absolute Gasteiger partial charge is 0.318 e. The van der Waals surface area contributed by atoms with E-state index in [1.165, 1.54) is 11.6 Å². The summed E-state index contributed by atoms with van der Waals surface area (Å²) >= 11 is 0. The highest BCUT2D eigenvalue weighted by molar-refractivity contribution is 5.86. The van der Waals surface area contributed by atoms with Gasteiger partial charge in [0.2, 0.25) is 0 Å². The molecule has 4 rings (SSSR count). The van der Waals surface area contributed by atoms with Gasteiger partial charge in [-0.25, -0.2) is 9.18 Å². The molecule has 27 heavy (non-hydrogen) atoms. The fourth-order valence-electron chi connectivity index (χ4n) is 3.87. The van der Waals surface area contributed by atoms with E-state index in [1.54, 1.807) is 17.0 Å². The maximum absolute atomic E-state index is 14.7. The maximum Gasteiger partial charge on any atom is 0.318 e. The van der Waals surface area contributed by atoms with Crippen molar-refractivity contribution < 1.29 is 9.18 Å². The number of benzene rings is 2. The minimum absolute atomic E-state index is 0.152. The summed E-state index contributed by atoms with van der Waals surface area (Å²) in [6.07, 6.45) is 0.749. The lowest BCUT2D eigenvalue weighted by molar-refractivity contribution is 0.177. The third-order valence-electron chi connectivity index (χ3n) is 5.16. The van der Waals surface area contributed by atoms with Crippen LogP contribution in [0.4, 0.5) is 9.18 Å². The molecular formula is C22H24FN3O. The molecule has 2 heterocycles. The van der Waals surface area contributed by atoms with Gasteiger partial charge in [-0.3, -0.25) is 0 Å². The van der Waals surface area contributed by atoms with Crippen molar-refractivity contribution in [3.05, 3.63) is 71.2 Å². The van der Waals surface area contributed by atoms with Crippen LogP contribution in [0, 0.1) is 11.7 Å². The Kier molecular flexibility index (Phi) is 4.60. The Balaban J connectivity index is 1.81. The molecular weight excluding hydrogens is 341 g/mol. The Labute approximate surface area is 158 Å². The Hall–Kier alpha value is -2.82. The molecule has 2 amide bonds. The number of rotatable bonds is 3. The first-order valence-corrected chi connectivity index (χ1v) is 9.44. The van der Waals surface area contributed by atoms with Gasteiger partial charge in [-0.05, 0) is 30.0 Å². The predicted molar refractivity (Wildman–Crippen MR) is 105 cm³/mol. The molecule has 140 valence electrons. The molecule has 0 saturated carbocycles. The third kappa shape index (κ3) is 3.18. The number of nitrogens with one attached hydrogen (secondary N) is 2. The Morgan fingerprint density at radius 1 is 1.22 bits per heavy atom. The number of halogens is 1. The van der Waals surface area contributed by atoms with Gasteiger partial charge in [0.25, 0.3) is 0 Å². The van der Waals surface area contributed by atoms with E-state index in [0.29, 0.717) is 24.6 Å². The van der Waals surface area contributed by atoms with Crippen molar-refractivity contribution in [2.24, 2.45) is 5.92 Å². The second-order valence-corrected chi connectivity index (χ2v) is 7.51. The number of para-hydroxylation sites is 1. The molecule has 0 fully saturated rings. The molecule has 2 aromatic carbocycles. The number of carbonyl (C=O) groups excluding carboxylic acids is 1. The van der Waals surface area contributed by atoms with Gasteiger partial charge >= 0.3 is 6.03 Å². The van der Waals surface area contributed by atoms with Crippen molar-refractivity contribution in [2.45, 2.75) is 26.3 Å². The van der Waals surface area contributed by atoms with Crippen LogP contribution in [0.25, 0.3) is 10.9 Å². The van der Waals surface area contributed by atoms with Crippen molar-refractivity contribution >= 4 is 16.9 Å². The lowest BCUT2D eigenvalue weighted by Crippen LogP contribution is -2.47. The molecule has 0 bridgehead atoms. The zero-order valence-corrected chi connectivity index (χ0v) is 15.6. The van der Waals surface area contributed by atoms with Gasteiger partial charge < -0.3 is 15.2 Å². The number of aromatic amines is 1. The van der Waals surface area contributed by atoms with Crippen LogP contribution in [0.3, 0.4) is 0 Å². The average molecular weight is 365 g/mol. The molecule has 0 aliphatic carbocycles. The number of aromatic nitrogens is 1. The summed E-state index contributed by atoms with van der Waals surface area (Å²) in [4.78, 5) is 18.1. The van der Waals surface area contributed by atoms with Crippen LogP contribution in [0.5, 0.6) is 0 Å². The van der Waals surface area contributed by atoms with E-state index in [4.69, 9.17) is 0 Å². The number of amides is 2. The summed E-state index contributed by atoms with van der Waals surface area (Å²) in [5, 5.41) is 4.14. The van der Waals surface area contributed by atoms with Gasteiger partial charge in [0.1, 0.15) is 11.9 Å². The van der Waals surface area contributed by atoms with Gasteiger partial charge in [-0.15, -0.1) is 0 Å². The molecule has 3 aromatic rings. The highest BCUT2D eigenvalue weighted by Crippen LogP contribution is 2.39. The number of urea groups is 1. The second kappa shape index (κ2) is 7.06. The van der Waals surface area contributed by atoms with E-state index < -0.39 is 6.04 Å². The second-order valence-electron chi connectivity index (χ2n) is 7.51. The fourth-order valence-corrected chi connectivity index (χ4v) is 3.87. The molecule has 0 spiro atoms.